The van der Waals surface area contributed by atoms with Gasteiger partial charge in [-0.15, -0.1) is 0 Å². The lowest BCUT2D eigenvalue weighted by molar-refractivity contribution is -0.159. The van der Waals surface area contributed by atoms with Crippen molar-refractivity contribution in [3.8, 4) is 17.0 Å². The highest BCUT2D eigenvalue weighted by Crippen LogP contribution is 2.38. The molecule has 0 aliphatic carbocycles. The molecular weight excluding hydrogens is 411 g/mol. The van der Waals surface area contributed by atoms with Crippen LogP contribution in [-0.2, 0) is 22.5 Å². The van der Waals surface area contributed by atoms with E-state index in [-0.39, 0.29) is 17.5 Å². The third-order valence-electron chi connectivity index (χ3n) is 6.12. The average Bonchev–Trinajstić information content (AvgIpc) is 3.25. The number of aromatic hydroxyl groups is 1. The lowest BCUT2D eigenvalue weighted by atomic mass is 9.74. The fourth-order valence-electron chi connectivity index (χ4n) is 4.25. The Balaban J connectivity index is 1.48. The maximum absolute atomic E-state index is 13.2. The molecule has 1 N–H and O–H groups in total. The van der Waals surface area contributed by atoms with E-state index in [4.69, 9.17) is 9.26 Å². The Morgan fingerprint density at radius 2 is 1.91 bits per heavy atom. The highest BCUT2D eigenvalue weighted by atomic mass is 19.1. The van der Waals surface area contributed by atoms with E-state index in [1.165, 1.54) is 12.1 Å². The van der Waals surface area contributed by atoms with Crippen LogP contribution in [0.1, 0.15) is 31.1 Å². The van der Waals surface area contributed by atoms with Crippen molar-refractivity contribution in [2.75, 3.05) is 19.7 Å². The molecule has 2 aromatic carbocycles. The van der Waals surface area contributed by atoms with Gasteiger partial charge < -0.3 is 14.4 Å². The van der Waals surface area contributed by atoms with Crippen LogP contribution in [0, 0.1) is 11.2 Å². The van der Waals surface area contributed by atoms with E-state index in [0.29, 0.717) is 57.0 Å². The maximum atomic E-state index is 13.2. The van der Waals surface area contributed by atoms with E-state index in [0.717, 1.165) is 11.1 Å². The first-order chi connectivity index (χ1) is 15.5. The number of piperidine rings is 1. The number of carbonyl (C=O) groups excluding carboxylic acids is 1. The number of rotatable bonds is 7. The summed E-state index contributed by atoms with van der Waals surface area (Å²) in [5.41, 5.74) is 1.54. The van der Waals surface area contributed by atoms with Crippen molar-refractivity contribution >= 4 is 5.97 Å². The van der Waals surface area contributed by atoms with Gasteiger partial charge in [-0.1, -0.05) is 23.4 Å². The van der Waals surface area contributed by atoms with Gasteiger partial charge >= 0.3 is 5.97 Å². The van der Waals surface area contributed by atoms with E-state index in [1.807, 2.05) is 18.2 Å². The number of phenolic OH excluding ortho intramolecular Hbond substituents is 1. The lowest BCUT2D eigenvalue weighted by Crippen LogP contribution is -2.46. The van der Waals surface area contributed by atoms with Crippen molar-refractivity contribution in [1.29, 1.82) is 0 Å². The predicted octanol–water partition coefficient (Wildman–Crippen LogP) is 4.57. The van der Waals surface area contributed by atoms with Crippen LogP contribution in [-0.4, -0.2) is 40.8 Å². The molecule has 0 spiro atoms. The first-order valence-electron chi connectivity index (χ1n) is 10.9. The van der Waals surface area contributed by atoms with Crippen molar-refractivity contribution < 1.29 is 23.6 Å². The highest BCUT2D eigenvalue weighted by molar-refractivity contribution is 5.77. The number of hydrogen-bond acceptors (Lipinski definition) is 6. The van der Waals surface area contributed by atoms with Crippen molar-refractivity contribution in [3.63, 3.8) is 0 Å². The molecule has 6 nitrogen and oxygen atoms in total. The molecule has 1 aromatic heterocycles. The number of phenols is 1. The Labute approximate surface area is 186 Å². The van der Waals surface area contributed by atoms with E-state index < -0.39 is 5.41 Å². The van der Waals surface area contributed by atoms with Crippen LogP contribution >= 0.6 is 0 Å². The monoisotopic (exact) mass is 438 g/mol. The Kier molecular flexibility index (Phi) is 6.55. The second-order valence-corrected chi connectivity index (χ2v) is 8.27. The number of para-hydroxylation sites is 1. The molecule has 7 heteroatoms. The van der Waals surface area contributed by atoms with Crippen LogP contribution in [0.2, 0.25) is 0 Å². The van der Waals surface area contributed by atoms with E-state index in [2.05, 4.69) is 10.1 Å². The zero-order valence-corrected chi connectivity index (χ0v) is 18.1. The molecular formula is C25H27FN2O4. The summed E-state index contributed by atoms with van der Waals surface area (Å²) in [6.45, 7) is 4.15. The number of aromatic nitrogens is 1. The summed E-state index contributed by atoms with van der Waals surface area (Å²) < 4.78 is 24.2. The topological polar surface area (TPSA) is 75.8 Å². The number of benzene rings is 2. The summed E-state index contributed by atoms with van der Waals surface area (Å²) in [4.78, 5) is 15.2. The molecule has 0 saturated carbocycles. The number of nitrogens with zero attached hydrogens (tertiary/aromatic N) is 2. The minimum atomic E-state index is -0.690. The molecule has 1 aliphatic rings. The maximum Gasteiger partial charge on any atom is 0.312 e. The fourth-order valence-corrected chi connectivity index (χ4v) is 4.25. The van der Waals surface area contributed by atoms with Crippen molar-refractivity contribution in [3.05, 3.63) is 71.7 Å². The molecule has 168 valence electrons. The molecule has 2 heterocycles. The molecule has 32 heavy (non-hydrogen) atoms. The average molecular weight is 438 g/mol. The normalized spacial score (nSPS) is 16.1. The minimum Gasteiger partial charge on any atom is -0.508 e. The van der Waals surface area contributed by atoms with Gasteiger partial charge in [0.1, 0.15) is 23.0 Å². The van der Waals surface area contributed by atoms with Gasteiger partial charge in [0.15, 0.2) is 0 Å². The van der Waals surface area contributed by atoms with Gasteiger partial charge in [-0.25, -0.2) is 4.39 Å². The smallest absolute Gasteiger partial charge is 0.312 e. The molecule has 1 aliphatic heterocycles. The summed E-state index contributed by atoms with van der Waals surface area (Å²) in [6, 6.07) is 15.2. The van der Waals surface area contributed by atoms with Crippen LogP contribution in [0.15, 0.2) is 59.1 Å². The Bertz CT molecular complexity index is 1060. The molecule has 4 rings (SSSR count). The third kappa shape index (κ3) is 4.83. The van der Waals surface area contributed by atoms with Crippen molar-refractivity contribution in [1.82, 2.24) is 10.1 Å². The standard InChI is InChI=1S/C25H27FN2O4/c1-2-31-24(30)25(11-13-28(14-12-25)17-19-5-3-4-6-23(19)29)16-21-15-22(27-32-21)18-7-9-20(26)10-8-18/h3-10,15,29H,2,11-14,16-17H2,1H3. The summed E-state index contributed by atoms with van der Waals surface area (Å²) in [6.07, 6.45) is 1.63. The number of esters is 1. The summed E-state index contributed by atoms with van der Waals surface area (Å²) in [5, 5.41) is 14.2. The van der Waals surface area contributed by atoms with Gasteiger partial charge in [-0.05, 0) is 63.2 Å². The summed E-state index contributed by atoms with van der Waals surface area (Å²) in [5.74, 6) is 0.354. The van der Waals surface area contributed by atoms with Crippen LogP contribution in [0.4, 0.5) is 4.39 Å². The van der Waals surface area contributed by atoms with Gasteiger partial charge in [0, 0.05) is 30.2 Å². The number of carbonyl (C=O) groups is 1. The van der Waals surface area contributed by atoms with Gasteiger partial charge in [-0.2, -0.15) is 0 Å². The lowest BCUT2D eigenvalue weighted by Gasteiger charge is -2.39. The molecule has 0 unspecified atom stereocenters. The number of ether oxygens (including phenoxy) is 1. The van der Waals surface area contributed by atoms with Gasteiger partial charge in [-0.3, -0.25) is 9.69 Å². The van der Waals surface area contributed by atoms with E-state index >= 15 is 0 Å². The number of hydrogen-bond donors (Lipinski definition) is 1. The van der Waals surface area contributed by atoms with Gasteiger partial charge in [0.2, 0.25) is 0 Å². The largest absolute Gasteiger partial charge is 0.508 e. The van der Waals surface area contributed by atoms with Crippen molar-refractivity contribution in [2.45, 2.75) is 32.7 Å². The number of halogens is 1. The third-order valence-corrected chi connectivity index (χ3v) is 6.12. The van der Waals surface area contributed by atoms with Crippen LogP contribution < -0.4 is 0 Å². The predicted molar refractivity (Wildman–Crippen MR) is 117 cm³/mol. The molecule has 1 fully saturated rings. The molecule has 0 atom stereocenters. The SMILES string of the molecule is CCOC(=O)C1(Cc2cc(-c3ccc(F)cc3)no2)CCN(Cc2ccccc2O)CC1. The van der Waals surface area contributed by atoms with Gasteiger partial charge in [0.05, 0.1) is 12.0 Å². The second kappa shape index (κ2) is 9.53. The molecule has 0 amide bonds. The second-order valence-electron chi connectivity index (χ2n) is 8.27. The van der Waals surface area contributed by atoms with Gasteiger partial charge in [0.25, 0.3) is 0 Å². The Morgan fingerprint density at radius 3 is 2.59 bits per heavy atom. The zero-order valence-electron chi connectivity index (χ0n) is 18.1. The van der Waals surface area contributed by atoms with Crippen LogP contribution in [0.5, 0.6) is 5.75 Å². The van der Waals surface area contributed by atoms with Crippen LogP contribution in [0.3, 0.4) is 0 Å². The first-order valence-corrected chi connectivity index (χ1v) is 10.9. The summed E-state index contributed by atoms with van der Waals surface area (Å²) in [7, 11) is 0. The van der Waals surface area contributed by atoms with E-state index in [9.17, 15) is 14.3 Å². The molecule has 0 radical (unpaired) electrons. The van der Waals surface area contributed by atoms with Crippen molar-refractivity contribution in [2.24, 2.45) is 5.41 Å². The minimum absolute atomic E-state index is 0.220. The Morgan fingerprint density at radius 1 is 1.19 bits per heavy atom. The summed E-state index contributed by atoms with van der Waals surface area (Å²) >= 11 is 0. The van der Waals surface area contributed by atoms with E-state index in [1.54, 1.807) is 31.2 Å². The highest BCUT2D eigenvalue weighted by Gasteiger charge is 2.43. The Hall–Kier alpha value is -3.19. The zero-order chi connectivity index (χ0) is 22.6. The molecule has 0 bridgehead atoms. The fraction of sp³-hybridized carbons (Fsp3) is 0.360. The number of likely N-dealkylation sites (tertiary alicyclic amines) is 1. The molecule has 3 aromatic rings. The first kappa shape index (κ1) is 22.0. The quantitative estimate of drug-likeness (QED) is 0.545. The molecule has 1 saturated heterocycles. The van der Waals surface area contributed by atoms with Crippen LogP contribution in [0.25, 0.3) is 11.3 Å².